The van der Waals surface area contributed by atoms with Crippen molar-refractivity contribution >= 4 is 50.7 Å². The number of carbonyl (C=O) groups is 1. The van der Waals surface area contributed by atoms with Crippen LogP contribution >= 0.6 is 23.4 Å². The van der Waals surface area contributed by atoms with E-state index in [-0.39, 0.29) is 27.7 Å². The Hall–Kier alpha value is -2.55. The largest absolute Gasteiger partial charge is 0.295 e. The average molecular weight is 463 g/mol. The molecule has 0 radical (unpaired) electrons. The van der Waals surface area contributed by atoms with Crippen molar-refractivity contribution in [3.63, 3.8) is 0 Å². The maximum atomic E-state index is 13.3. The van der Waals surface area contributed by atoms with Crippen molar-refractivity contribution in [3.8, 4) is 0 Å². The number of thioether (sulfide) groups is 1. The van der Waals surface area contributed by atoms with Crippen LogP contribution in [0, 0.1) is 5.82 Å². The number of nitrogens with zero attached hydrogens (tertiary/aromatic N) is 1. The van der Waals surface area contributed by atoms with Crippen LogP contribution in [0.3, 0.4) is 0 Å². The summed E-state index contributed by atoms with van der Waals surface area (Å²) in [4.78, 5) is 14.1. The number of anilines is 2. The van der Waals surface area contributed by atoms with Gasteiger partial charge in [-0.3, -0.25) is 14.4 Å². The van der Waals surface area contributed by atoms with Gasteiger partial charge in [-0.1, -0.05) is 23.7 Å². The molecule has 1 aliphatic heterocycles. The van der Waals surface area contributed by atoms with Gasteiger partial charge in [0.1, 0.15) is 11.2 Å². The normalized spacial score (nSPS) is 16.7. The van der Waals surface area contributed by atoms with Crippen molar-refractivity contribution in [2.75, 3.05) is 15.4 Å². The van der Waals surface area contributed by atoms with Gasteiger partial charge >= 0.3 is 0 Å². The number of hydrogen-bond acceptors (Lipinski definition) is 4. The zero-order valence-corrected chi connectivity index (χ0v) is 17.8. The molecule has 3 aromatic carbocycles. The number of halogens is 2. The molecule has 0 saturated carbocycles. The Morgan fingerprint density at radius 2 is 1.73 bits per heavy atom. The summed E-state index contributed by atoms with van der Waals surface area (Å²) in [5.74, 6) is -0.195. The lowest BCUT2D eigenvalue weighted by Crippen LogP contribution is -2.27. The van der Waals surface area contributed by atoms with Gasteiger partial charge in [-0.15, -0.1) is 11.8 Å². The van der Waals surface area contributed by atoms with Crippen LogP contribution in [-0.2, 0) is 14.8 Å². The van der Waals surface area contributed by atoms with Crippen LogP contribution in [0.15, 0.2) is 77.7 Å². The number of rotatable bonds is 5. The molecule has 0 bridgehead atoms. The molecule has 0 aromatic heterocycles. The molecule has 1 aliphatic rings. The van der Waals surface area contributed by atoms with Gasteiger partial charge in [0, 0.05) is 16.4 Å². The fourth-order valence-corrected chi connectivity index (χ4v) is 5.48. The molecule has 1 fully saturated rings. The molecule has 0 aliphatic carbocycles. The highest BCUT2D eigenvalue weighted by molar-refractivity contribution is 8.00. The van der Waals surface area contributed by atoms with Crippen LogP contribution in [0.25, 0.3) is 0 Å². The first-order chi connectivity index (χ1) is 14.3. The Morgan fingerprint density at radius 1 is 1.03 bits per heavy atom. The molecule has 4 rings (SSSR count). The molecule has 30 heavy (non-hydrogen) atoms. The van der Waals surface area contributed by atoms with Crippen molar-refractivity contribution in [2.45, 2.75) is 10.3 Å². The van der Waals surface area contributed by atoms with E-state index < -0.39 is 10.0 Å². The monoisotopic (exact) mass is 462 g/mol. The molecule has 1 atom stereocenters. The third kappa shape index (κ3) is 4.30. The summed E-state index contributed by atoms with van der Waals surface area (Å²) in [6.45, 7) is 0. The van der Waals surface area contributed by atoms with Gasteiger partial charge < -0.3 is 0 Å². The first kappa shape index (κ1) is 20.7. The second-order valence-corrected chi connectivity index (χ2v) is 9.78. The van der Waals surface area contributed by atoms with Gasteiger partial charge in [0.2, 0.25) is 5.91 Å². The number of carbonyl (C=O) groups excluding carboxylic acids is 1. The average Bonchev–Trinajstić information content (AvgIpc) is 3.10. The minimum Gasteiger partial charge on any atom is -0.295 e. The van der Waals surface area contributed by atoms with Crippen molar-refractivity contribution in [1.82, 2.24) is 0 Å². The Balaban J connectivity index is 1.62. The van der Waals surface area contributed by atoms with Crippen LogP contribution in [-0.4, -0.2) is 20.1 Å². The summed E-state index contributed by atoms with van der Waals surface area (Å²) in [5, 5.41) is 0.0997. The summed E-state index contributed by atoms with van der Waals surface area (Å²) < 4.78 is 41.2. The molecule has 1 saturated heterocycles. The highest BCUT2D eigenvalue weighted by atomic mass is 35.5. The van der Waals surface area contributed by atoms with Crippen molar-refractivity contribution in [3.05, 3.63) is 89.2 Å². The van der Waals surface area contributed by atoms with E-state index in [9.17, 15) is 17.6 Å². The van der Waals surface area contributed by atoms with Gasteiger partial charge in [0.25, 0.3) is 10.0 Å². The van der Waals surface area contributed by atoms with Crippen LogP contribution in [0.4, 0.5) is 15.8 Å². The Kier molecular flexibility index (Phi) is 5.73. The van der Waals surface area contributed by atoms with E-state index in [0.717, 1.165) is 5.56 Å². The highest BCUT2D eigenvalue weighted by Gasteiger charge is 2.34. The van der Waals surface area contributed by atoms with Gasteiger partial charge in [-0.2, -0.15) is 0 Å². The Morgan fingerprint density at radius 3 is 2.43 bits per heavy atom. The van der Waals surface area contributed by atoms with Crippen molar-refractivity contribution < 1.29 is 17.6 Å². The first-order valence-corrected chi connectivity index (χ1v) is 11.8. The minimum atomic E-state index is -3.79. The molecule has 5 nitrogen and oxygen atoms in total. The smallest absolute Gasteiger partial charge is 0.261 e. The third-order valence-corrected chi connectivity index (χ3v) is 7.38. The lowest BCUT2D eigenvalue weighted by atomic mass is 10.1. The van der Waals surface area contributed by atoms with Crippen molar-refractivity contribution in [1.29, 1.82) is 0 Å². The maximum absolute atomic E-state index is 13.3. The lowest BCUT2D eigenvalue weighted by Gasteiger charge is -2.24. The van der Waals surface area contributed by atoms with Crippen LogP contribution in [0.5, 0.6) is 0 Å². The summed E-state index contributed by atoms with van der Waals surface area (Å²) in [7, 11) is -3.79. The Labute approximate surface area is 182 Å². The van der Waals surface area contributed by atoms with Gasteiger partial charge in [0.15, 0.2) is 0 Å². The van der Waals surface area contributed by atoms with E-state index in [1.165, 1.54) is 48.2 Å². The summed E-state index contributed by atoms with van der Waals surface area (Å²) >= 11 is 7.26. The number of sulfonamides is 1. The van der Waals surface area contributed by atoms with Crippen LogP contribution in [0.2, 0.25) is 5.02 Å². The summed E-state index contributed by atoms with van der Waals surface area (Å²) in [6, 6.07) is 18.5. The van der Waals surface area contributed by atoms with E-state index in [2.05, 4.69) is 4.72 Å². The number of nitrogens with one attached hydrogen (secondary N) is 1. The Bertz CT molecular complexity index is 1190. The molecular formula is C21H16ClFN2O3S2. The van der Waals surface area contributed by atoms with E-state index in [1.54, 1.807) is 35.2 Å². The molecule has 3 aromatic rings. The quantitative estimate of drug-likeness (QED) is 0.575. The minimum absolute atomic E-state index is 0.0932. The molecule has 1 N–H and O–H groups in total. The zero-order chi connectivity index (χ0) is 21.3. The SMILES string of the molecule is O=C1CS[C@@H](c2cccc(NS(=O)(=O)c3ccc(Cl)cc3)c2)N1c1ccc(F)cc1. The second-order valence-electron chi connectivity index (χ2n) is 6.59. The summed E-state index contributed by atoms with van der Waals surface area (Å²) in [6.07, 6.45) is 0. The van der Waals surface area contributed by atoms with E-state index >= 15 is 0 Å². The number of amides is 1. The topological polar surface area (TPSA) is 66.5 Å². The summed E-state index contributed by atoms with van der Waals surface area (Å²) in [5.41, 5.74) is 1.72. The van der Waals surface area contributed by atoms with Crippen molar-refractivity contribution in [2.24, 2.45) is 0 Å². The zero-order valence-electron chi connectivity index (χ0n) is 15.5. The standard InChI is InChI=1S/C21H16ClFN2O3S2/c22-15-4-10-19(11-5-15)30(27,28)24-17-3-1-2-14(12-17)21-25(20(26)13-29-21)18-8-6-16(23)7-9-18/h1-12,21,24H,13H2/t21-/m0/s1. The lowest BCUT2D eigenvalue weighted by molar-refractivity contribution is -0.115. The second kappa shape index (κ2) is 8.29. The molecule has 1 heterocycles. The molecule has 154 valence electrons. The number of benzene rings is 3. The maximum Gasteiger partial charge on any atom is 0.261 e. The fraction of sp³-hybridized carbons (Fsp3) is 0.0952. The first-order valence-electron chi connectivity index (χ1n) is 8.91. The molecular weight excluding hydrogens is 447 g/mol. The molecule has 9 heteroatoms. The van der Waals surface area contributed by atoms with Gasteiger partial charge in [-0.05, 0) is 66.2 Å². The fourth-order valence-electron chi connectivity index (χ4n) is 3.14. The molecule has 0 unspecified atom stereocenters. The number of hydrogen-bond donors (Lipinski definition) is 1. The predicted octanol–water partition coefficient (Wildman–Crippen LogP) is 5.06. The van der Waals surface area contributed by atoms with E-state index in [1.807, 2.05) is 6.07 Å². The highest BCUT2D eigenvalue weighted by Crippen LogP contribution is 2.42. The predicted molar refractivity (Wildman–Crippen MR) is 118 cm³/mol. The van der Waals surface area contributed by atoms with Gasteiger partial charge in [0.05, 0.1) is 10.6 Å². The van der Waals surface area contributed by atoms with Crippen LogP contribution < -0.4 is 9.62 Å². The van der Waals surface area contributed by atoms with Gasteiger partial charge in [-0.25, -0.2) is 12.8 Å². The van der Waals surface area contributed by atoms with E-state index in [4.69, 9.17) is 11.6 Å². The third-order valence-electron chi connectivity index (χ3n) is 4.52. The van der Waals surface area contributed by atoms with Crippen LogP contribution in [0.1, 0.15) is 10.9 Å². The van der Waals surface area contributed by atoms with E-state index in [0.29, 0.717) is 16.4 Å². The molecule has 1 amide bonds. The molecule has 0 spiro atoms.